The predicted octanol–water partition coefficient (Wildman–Crippen LogP) is -0.0527. The zero-order valence-corrected chi connectivity index (χ0v) is 7.43. The molecule has 0 spiro atoms. The largest absolute Gasteiger partial charge is 0.356 e. The number of azide groups is 1. The molecule has 0 saturated carbocycles. The summed E-state index contributed by atoms with van der Waals surface area (Å²) in [6.45, 7) is 0. The molecule has 0 N–H and O–H groups in total. The topological polar surface area (TPSA) is 137 Å². The fourth-order valence-electron chi connectivity index (χ4n) is 0.670. The SMILES string of the molecule is Cn1c[n+](C)c(N=[N+]=[N-])n1.O=[N+]([O-])[O-]. The lowest BCUT2D eigenvalue weighted by Crippen LogP contribution is -2.24. The molecule has 1 aromatic heterocycles. The Balaban J connectivity index is 0.000000364. The second-order valence-electron chi connectivity index (χ2n) is 2.11. The van der Waals surface area contributed by atoms with E-state index in [0.29, 0.717) is 5.95 Å². The molecule has 0 fully saturated rings. The third-order valence-corrected chi connectivity index (χ3v) is 1.04. The average molecular weight is 201 g/mol. The summed E-state index contributed by atoms with van der Waals surface area (Å²) in [6, 6.07) is 0. The Bertz CT molecular complexity index is 361. The number of hydrogen-bond donors (Lipinski definition) is 0. The molecule has 0 bridgehead atoms. The molecule has 0 aromatic carbocycles. The van der Waals surface area contributed by atoms with Crippen LogP contribution in [0.15, 0.2) is 11.4 Å². The third kappa shape index (κ3) is 4.51. The Hall–Kier alpha value is -2.35. The van der Waals surface area contributed by atoms with Crippen LogP contribution in [-0.4, -0.2) is 14.9 Å². The quantitative estimate of drug-likeness (QED) is 0.157. The van der Waals surface area contributed by atoms with Crippen molar-refractivity contribution < 1.29 is 9.65 Å². The van der Waals surface area contributed by atoms with Gasteiger partial charge in [-0.3, -0.25) is 4.57 Å². The molecule has 10 heteroatoms. The molecule has 10 nitrogen and oxygen atoms in total. The molecule has 0 saturated heterocycles. The molecule has 76 valence electrons. The molecule has 0 amide bonds. The van der Waals surface area contributed by atoms with Crippen molar-refractivity contribution in [2.75, 3.05) is 0 Å². The highest BCUT2D eigenvalue weighted by Gasteiger charge is 2.03. The summed E-state index contributed by atoms with van der Waals surface area (Å²) >= 11 is 0. The van der Waals surface area contributed by atoms with Gasteiger partial charge in [-0.15, -0.1) is 0 Å². The van der Waals surface area contributed by atoms with Crippen LogP contribution < -0.4 is 4.57 Å². The first kappa shape index (κ1) is 11.6. The number of aromatic nitrogens is 3. The van der Waals surface area contributed by atoms with Crippen molar-refractivity contribution in [2.24, 2.45) is 19.2 Å². The van der Waals surface area contributed by atoms with Gasteiger partial charge >= 0.3 is 5.95 Å². The molecule has 1 rings (SSSR count). The fourth-order valence-corrected chi connectivity index (χ4v) is 0.670. The molecular formula is C4H7N7O3. The van der Waals surface area contributed by atoms with Gasteiger partial charge in [-0.05, 0) is 10.6 Å². The Morgan fingerprint density at radius 2 is 2.29 bits per heavy atom. The van der Waals surface area contributed by atoms with E-state index in [1.54, 1.807) is 29.7 Å². The van der Waals surface area contributed by atoms with Crippen LogP contribution in [0, 0.1) is 15.3 Å². The van der Waals surface area contributed by atoms with E-state index in [-0.39, 0.29) is 0 Å². The van der Waals surface area contributed by atoms with Crippen molar-refractivity contribution >= 4 is 5.95 Å². The summed E-state index contributed by atoms with van der Waals surface area (Å²) < 4.78 is 3.21. The Morgan fingerprint density at radius 3 is 2.57 bits per heavy atom. The van der Waals surface area contributed by atoms with Gasteiger partial charge in [0.05, 0.1) is 12.1 Å². The summed E-state index contributed by atoms with van der Waals surface area (Å²) in [7, 11) is 3.52. The van der Waals surface area contributed by atoms with Crippen molar-refractivity contribution in [3.63, 3.8) is 0 Å². The summed E-state index contributed by atoms with van der Waals surface area (Å²) in [6.07, 6.45) is 1.71. The smallest absolute Gasteiger partial charge is 0.328 e. The number of nitrogens with zero attached hydrogens (tertiary/aromatic N) is 7. The fraction of sp³-hybridized carbons (Fsp3) is 0.500. The van der Waals surface area contributed by atoms with Gasteiger partial charge in [0.1, 0.15) is 0 Å². The van der Waals surface area contributed by atoms with Gasteiger partial charge in [-0.25, -0.2) is 0 Å². The third-order valence-electron chi connectivity index (χ3n) is 1.04. The van der Waals surface area contributed by atoms with E-state index in [9.17, 15) is 0 Å². The van der Waals surface area contributed by atoms with Crippen molar-refractivity contribution in [2.45, 2.75) is 0 Å². The van der Waals surface area contributed by atoms with Crippen LogP contribution >= 0.6 is 0 Å². The summed E-state index contributed by atoms with van der Waals surface area (Å²) in [5.74, 6) is 0.366. The lowest BCUT2D eigenvalue weighted by molar-refractivity contribution is -0.659. The molecule has 0 unspecified atom stereocenters. The minimum Gasteiger partial charge on any atom is -0.356 e. The molecule has 0 aliphatic heterocycles. The van der Waals surface area contributed by atoms with Crippen LogP contribution in [-0.2, 0) is 14.1 Å². The first-order valence-electron chi connectivity index (χ1n) is 3.23. The normalized spacial score (nSPS) is 8.14. The van der Waals surface area contributed by atoms with Gasteiger partial charge in [-0.1, -0.05) is 0 Å². The highest BCUT2D eigenvalue weighted by molar-refractivity contribution is 4.99. The molecule has 0 aliphatic carbocycles. The second-order valence-corrected chi connectivity index (χ2v) is 2.11. The number of aryl methyl sites for hydroxylation is 2. The highest BCUT2D eigenvalue weighted by atomic mass is 16.9. The van der Waals surface area contributed by atoms with Gasteiger partial charge < -0.3 is 15.3 Å². The van der Waals surface area contributed by atoms with Gasteiger partial charge in [-0.2, -0.15) is 4.68 Å². The number of hydrogen-bond acceptors (Lipinski definition) is 5. The minimum absolute atomic E-state index is 0.366. The van der Waals surface area contributed by atoms with Crippen LogP contribution in [0.1, 0.15) is 0 Å². The molecule has 1 aromatic rings. The van der Waals surface area contributed by atoms with E-state index < -0.39 is 5.09 Å². The maximum atomic E-state index is 8.25. The van der Waals surface area contributed by atoms with Crippen molar-refractivity contribution in [3.05, 3.63) is 32.1 Å². The van der Waals surface area contributed by atoms with Crippen molar-refractivity contribution in [3.8, 4) is 0 Å². The standard InChI is InChI=1S/C4H7N6.NO3/c1-9-3-10(2)7-4(9)6-8-5;2-1(3)4/h3H,1-2H3;/q+1;-1. The zero-order chi connectivity index (χ0) is 11.1. The molecule has 0 atom stereocenters. The zero-order valence-electron chi connectivity index (χ0n) is 7.43. The van der Waals surface area contributed by atoms with Crippen molar-refractivity contribution in [1.29, 1.82) is 0 Å². The molecule has 0 aliphatic rings. The summed E-state index contributed by atoms with van der Waals surface area (Å²) in [5.41, 5.74) is 8.05. The monoisotopic (exact) mass is 201 g/mol. The van der Waals surface area contributed by atoms with E-state index in [2.05, 4.69) is 15.1 Å². The van der Waals surface area contributed by atoms with Gasteiger partial charge in [0.25, 0.3) is 0 Å². The van der Waals surface area contributed by atoms with E-state index in [4.69, 9.17) is 20.9 Å². The van der Waals surface area contributed by atoms with E-state index in [1.165, 1.54) is 0 Å². The lowest BCUT2D eigenvalue weighted by atomic mass is 11.0. The lowest BCUT2D eigenvalue weighted by Gasteiger charge is -1.78. The minimum atomic E-state index is -1.75. The molecular weight excluding hydrogens is 194 g/mol. The van der Waals surface area contributed by atoms with Crippen LogP contribution in [0.4, 0.5) is 5.95 Å². The first-order valence-corrected chi connectivity index (χ1v) is 3.23. The Morgan fingerprint density at radius 1 is 1.79 bits per heavy atom. The molecule has 0 radical (unpaired) electrons. The maximum absolute atomic E-state index is 8.25. The first-order chi connectivity index (χ1) is 6.47. The maximum Gasteiger partial charge on any atom is 0.328 e. The summed E-state index contributed by atoms with van der Waals surface area (Å²) in [4.78, 5) is 10.9. The molecule has 1 heterocycles. The van der Waals surface area contributed by atoms with Crippen LogP contribution in [0.2, 0.25) is 0 Å². The van der Waals surface area contributed by atoms with Crippen LogP contribution in [0.5, 0.6) is 0 Å². The Labute approximate surface area is 77.7 Å². The van der Waals surface area contributed by atoms with Gasteiger partial charge in [0.2, 0.25) is 0 Å². The molecule has 14 heavy (non-hydrogen) atoms. The van der Waals surface area contributed by atoms with E-state index in [1.807, 2.05) is 0 Å². The van der Waals surface area contributed by atoms with E-state index in [0.717, 1.165) is 0 Å². The van der Waals surface area contributed by atoms with Gasteiger partial charge in [0, 0.05) is 17.1 Å². The highest BCUT2D eigenvalue weighted by Crippen LogP contribution is 1.95. The van der Waals surface area contributed by atoms with Crippen LogP contribution in [0.3, 0.4) is 0 Å². The van der Waals surface area contributed by atoms with E-state index >= 15 is 0 Å². The van der Waals surface area contributed by atoms with Crippen LogP contribution in [0.25, 0.3) is 10.4 Å². The average Bonchev–Trinajstić information content (AvgIpc) is 2.30. The summed E-state index contributed by atoms with van der Waals surface area (Å²) in [5, 5.41) is 21.9. The number of rotatable bonds is 1. The second kappa shape index (κ2) is 5.32. The van der Waals surface area contributed by atoms with Crippen molar-refractivity contribution in [1.82, 2.24) is 9.78 Å². The van der Waals surface area contributed by atoms with Gasteiger partial charge in [0.15, 0.2) is 6.33 Å². The Kier molecular flexibility index (Phi) is 4.43. The predicted molar refractivity (Wildman–Crippen MR) is 43.6 cm³/mol.